The number of benzene rings is 2. The molecule has 0 amide bonds. The zero-order valence-corrected chi connectivity index (χ0v) is 18.8. The molecule has 1 spiro atoms. The van der Waals surface area contributed by atoms with Gasteiger partial charge in [0.15, 0.2) is 5.54 Å². The van der Waals surface area contributed by atoms with Crippen LogP contribution in [0.25, 0.3) is 11.1 Å². The lowest BCUT2D eigenvalue weighted by Crippen LogP contribution is -2.31. The number of nitrogens with two attached hydrogens (primary N) is 1. The zero-order chi connectivity index (χ0) is 23.2. The summed E-state index contributed by atoms with van der Waals surface area (Å²) in [7, 11) is 0. The first kappa shape index (κ1) is 20.8. The molecule has 0 unspecified atom stereocenters. The molecule has 0 radical (unpaired) electrons. The van der Waals surface area contributed by atoms with E-state index in [-0.39, 0.29) is 18.0 Å². The predicted octanol–water partition coefficient (Wildman–Crippen LogP) is 4.74. The molecule has 2 aromatic carbocycles. The van der Waals surface area contributed by atoms with E-state index >= 15 is 0 Å². The Balaban J connectivity index is 1.63. The average molecular weight is 441 g/mol. The lowest BCUT2D eigenvalue weighted by molar-refractivity contribution is 0.197. The number of fused-ring (bicyclic) bond motifs is 4. The summed E-state index contributed by atoms with van der Waals surface area (Å²) >= 11 is 0. The molecular formula is C26H24N4O3. The minimum atomic E-state index is -0.857. The second-order valence-corrected chi connectivity index (χ2v) is 9.49. The molecule has 0 saturated heterocycles. The summed E-state index contributed by atoms with van der Waals surface area (Å²) < 4.78 is 18.0. The molecule has 0 fully saturated rings. The minimum absolute atomic E-state index is 0.0244. The lowest BCUT2D eigenvalue weighted by atomic mass is 9.80. The van der Waals surface area contributed by atoms with E-state index in [1.54, 1.807) is 12.3 Å². The van der Waals surface area contributed by atoms with Crippen molar-refractivity contribution in [2.45, 2.75) is 26.3 Å². The highest BCUT2D eigenvalue weighted by Crippen LogP contribution is 2.52. The van der Waals surface area contributed by atoms with Crippen LogP contribution in [-0.4, -0.2) is 24.2 Å². The number of nitrogens with zero attached hydrogens (tertiary/aromatic N) is 3. The number of aromatic nitrogens is 1. The molecule has 2 aliphatic rings. The van der Waals surface area contributed by atoms with Crippen LogP contribution < -0.4 is 15.2 Å². The van der Waals surface area contributed by atoms with Crippen LogP contribution in [0, 0.1) is 16.7 Å². The van der Waals surface area contributed by atoms with Crippen molar-refractivity contribution in [3.8, 4) is 34.4 Å². The van der Waals surface area contributed by atoms with E-state index in [9.17, 15) is 5.26 Å². The fourth-order valence-electron chi connectivity index (χ4n) is 4.06. The number of hydrogen-bond donors (Lipinski definition) is 1. The highest BCUT2D eigenvalue weighted by atomic mass is 16.5. The van der Waals surface area contributed by atoms with Crippen molar-refractivity contribution in [2.24, 2.45) is 16.1 Å². The maximum Gasteiger partial charge on any atom is 0.283 e. The van der Waals surface area contributed by atoms with Crippen molar-refractivity contribution in [2.75, 3.05) is 13.2 Å². The first-order chi connectivity index (χ1) is 15.8. The van der Waals surface area contributed by atoms with Crippen LogP contribution in [0.1, 0.15) is 37.5 Å². The Labute approximate surface area is 192 Å². The predicted molar refractivity (Wildman–Crippen MR) is 124 cm³/mol. The van der Waals surface area contributed by atoms with Gasteiger partial charge in [-0.15, -0.1) is 0 Å². The number of amidine groups is 1. The molecule has 7 nitrogen and oxygen atoms in total. The van der Waals surface area contributed by atoms with Gasteiger partial charge in [-0.2, -0.15) is 5.26 Å². The molecule has 0 aliphatic carbocycles. The maximum atomic E-state index is 9.26. The Morgan fingerprint density at radius 1 is 1.06 bits per heavy atom. The van der Waals surface area contributed by atoms with Crippen LogP contribution >= 0.6 is 0 Å². The number of rotatable bonds is 3. The minimum Gasteiger partial charge on any atom is -0.493 e. The largest absolute Gasteiger partial charge is 0.493 e. The summed E-state index contributed by atoms with van der Waals surface area (Å²) in [5.41, 5.74) is 9.06. The van der Waals surface area contributed by atoms with E-state index in [4.69, 9.17) is 24.9 Å². The van der Waals surface area contributed by atoms with Crippen LogP contribution in [-0.2, 0) is 10.3 Å². The summed E-state index contributed by atoms with van der Waals surface area (Å²) in [4.78, 5) is 8.94. The highest BCUT2D eigenvalue weighted by molar-refractivity contribution is 5.78. The van der Waals surface area contributed by atoms with Crippen molar-refractivity contribution in [3.05, 3.63) is 71.5 Å². The van der Waals surface area contributed by atoms with E-state index in [0.29, 0.717) is 23.7 Å². The van der Waals surface area contributed by atoms with Gasteiger partial charge in [-0.05, 0) is 47.4 Å². The molecule has 1 atom stereocenters. The van der Waals surface area contributed by atoms with Gasteiger partial charge in [0.25, 0.3) is 6.02 Å². The Morgan fingerprint density at radius 3 is 2.52 bits per heavy atom. The van der Waals surface area contributed by atoms with E-state index in [1.807, 2.05) is 36.4 Å². The molecule has 0 bridgehead atoms. The number of ether oxygens (including phenoxy) is 3. The summed E-state index contributed by atoms with van der Waals surface area (Å²) in [5.74, 6) is 2.10. The van der Waals surface area contributed by atoms with Gasteiger partial charge >= 0.3 is 0 Å². The first-order valence-electron chi connectivity index (χ1n) is 10.7. The molecule has 5 rings (SSSR count). The van der Waals surface area contributed by atoms with Gasteiger partial charge in [0, 0.05) is 29.1 Å². The Bertz CT molecular complexity index is 1320. The molecule has 1 aromatic heterocycles. The van der Waals surface area contributed by atoms with Crippen LogP contribution in [0.2, 0.25) is 0 Å². The quantitative estimate of drug-likeness (QED) is 0.631. The third-order valence-corrected chi connectivity index (χ3v) is 5.64. The third kappa shape index (κ3) is 3.74. The molecule has 3 aromatic rings. The maximum absolute atomic E-state index is 9.26. The summed E-state index contributed by atoms with van der Waals surface area (Å²) in [6, 6.07) is 15.7. The number of hydrogen-bond acceptors (Lipinski definition) is 7. The molecule has 2 aliphatic heterocycles. The van der Waals surface area contributed by atoms with E-state index < -0.39 is 5.54 Å². The first-order valence-corrected chi connectivity index (χ1v) is 10.7. The summed E-state index contributed by atoms with van der Waals surface area (Å²) in [5, 5.41) is 9.26. The van der Waals surface area contributed by atoms with Gasteiger partial charge < -0.3 is 19.9 Å². The van der Waals surface area contributed by atoms with Gasteiger partial charge in [0.05, 0.1) is 12.2 Å². The normalized spacial score (nSPS) is 18.4. The Kier molecular flexibility index (Phi) is 4.75. The van der Waals surface area contributed by atoms with E-state index in [2.05, 4.69) is 31.8 Å². The van der Waals surface area contributed by atoms with E-state index in [1.165, 1.54) is 6.20 Å². The van der Waals surface area contributed by atoms with Crippen molar-refractivity contribution < 1.29 is 14.2 Å². The second-order valence-electron chi connectivity index (χ2n) is 9.49. The van der Waals surface area contributed by atoms with Gasteiger partial charge in [-0.25, -0.2) is 4.99 Å². The molecular weight excluding hydrogens is 416 g/mol. The van der Waals surface area contributed by atoms with Crippen LogP contribution in [0.3, 0.4) is 0 Å². The highest BCUT2D eigenvalue weighted by Gasteiger charge is 2.47. The van der Waals surface area contributed by atoms with Gasteiger partial charge in [-0.1, -0.05) is 26.8 Å². The number of aliphatic imine (C=N–C) groups is 1. The molecule has 7 heteroatoms. The fraction of sp³-hybridized carbons (Fsp3) is 0.269. The Morgan fingerprint density at radius 2 is 1.82 bits per heavy atom. The molecule has 2 N–H and O–H groups in total. The monoisotopic (exact) mass is 440 g/mol. The second kappa shape index (κ2) is 7.52. The number of pyridine rings is 1. The molecule has 3 heterocycles. The van der Waals surface area contributed by atoms with E-state index in [0.717, 1.165) is 28.0 Å². The van der Waals surface area contributed by atoms with Crippen LogP contribution in [0.15, 0.2) is 59.9 Å². The van der Waals surface area contributed by atoms with Crippen LogP contribution in [0.4, 0.5) is 0 Å². The van der Waals surface area contributed by atoms with Crippen LogP contribution in [0.5, 0.6) is 17.2 Å². The standard InChI is InChI=1S/C26H24N4O3/c1-25(2,3)14-31-19-5-7-23-21(10-19)26(15-32-24(28)30-26)20-9-17(4-6-22(20)33-23)18-8-16(11-27)12-29-13-18/h4-10,12-13H,14-15H2,1-3H3,(H2,28,30)/t26-/m0/s1. The topological polar surface area (TPSA) is 103 Å². The smallest absolute Gasteiger partial charge is 0.283 e. The van der Waals surface area contributed by atoms with Crippen molar-refractivity contribution >= 4 is 6.02 Å². The zero-order valence-electron chi connectivity index (χ0n) is 18.8. The molecule has 0 saturated carbocycles. The fourth-order valence-corrected chi connectivity index (χ4v) is 4.06. The average Bonchev–Trinajstić information content (AvgIpc) is 3.19. The summed E-state index contributed by atoms with van der Waals surface area (Å²) in [6.07, 6.45) is 3.27. The van der Waals surface area contributed by atoms with Crippen molar-refractivity contribution in [1.29, 1.82) is 5.26 Å². The van der Waals surface area contributed by atoms with Crippen molar-refractivity contribution in [1.82, 2.24) is 4.98 Å². The lowest BCUT2D eigenvalue weighted by Gasteiger charge is -2.34. The Hall–Kier alpha value is -4.05. The van der Waals surface area contributed by atoms with Gasteiger partial charge in [-0.3, -0.25) is 4.98 Å². The number of nitriles is 1. The summed E-state index contributed by atoms with van der Waals surface area (Å²) in [6.45, 7) is 7.20. The SMILES string of the molecule is CC(C)(C)COc1ccc2c(c1)[C@]1(COC(N)=N1)c1cc(-c3cncc(C#N)c3)ccc1O2. The third-order valence-electron chi connectivity index (χ3n) is 5.64. The van der Waals surface area contributed by atoms with Gasteiger partial charge in [0.1, 0.15) is 29.9 Å². The molecule has 166 valence electrons. The van der Waals surface area contributed by atoms with Gasteiger partial charge in [0.2, 0.25) is 0 Å². The molecule has 33 heavy (non-hydrogen) atoms. The van der Waals surface area contributed by atoms with Crippen molar-refractivity contribution in [3.63, 3.8) is 0 Å².